The van der Waals surface area contributed by atoms with Gasteiger partial charge in [0.05, 0.1) is 6.07 Å². The fraction of sp³-hybridized carbons (Fsp3) is 0.786. The summed E-state index contributed by atoms with van der Waals surface area (Å²) in [5, 5.41) is 13.7. The van der Waals surface area contributed by atoms with Crippen LogP contribution in [0.1, 0.15) is 46.5 Å². The molecule has 0 fully saturated rings. The van der Waals surface area contributed by atoms with Gasteiger partial charge in [-0.25, -0.2) is 0 Å². The van der Waals surface area contributed by atoms with Crippen molar-refractivity contribution in [1.29, 1.82) is 5.26 Å². The van der Waals surface area contributed by atoms with E-state index < -0.39 is 6.04 Å². The van der Waals surface area contributed by atoms with Crippen molar-refractivity contribution in [1.82, 2.24) is 10.6 Å². The summed E-state index contributed by atoms with van der Waals surface area (Å²) in [4.78, 5) is 23.8. The highest BCUT2D eigenvalue weighted by Crippen LogP contribution is 2.18. The van der Waals surface area contributed by atoms with Gasteiger partial charge < -0.3 is 16.4 Å². The molecule has 0 aromatic carbocycles. The number of nitriles is 1. The van der Waals surface area contributed by atoms with E-state index in [4.69, 9.17) is 11.0 Å². The highest BCUT2D eigenvalue weighted by Gasteiger charge is 2.23. The van der Waals surface area contributed by atoms with Crippen molar-refractivity contribution < 1.29 is 9.59 Å². The van der Waals surface area contributed by atoms with Gasteiger partial charge in [0.2, 0.25) is 11.8 Å². The Morgan fingerprint density at radius 1 is 1.30 bits per heavy atom. The Morgan fingerprint density at radius 3 is 2.45 bits per heavy atom. The van der Waals surface area contributed by atoms with Gasteiger partial charge in [-0.3, -0.25) is 9.59 Å². The average molecular weight is 282 g/mol. The van der Waals surface area contributed by atoms with E-state index >= 15 is 0 Å². The summed E-state index contributed by atoms with van der Waals surface area (Å²) in [7, 11) is 0. The summed E-state index contributed by atoms with van der Waals surface area (Å²) in [6, 6.07) is 1.25. The maximum atomic E-state index is 11.9. The fourth-order valence-corrected chi connectivity index (χ4v) is 1.74. The first-order valence-corrected chi connectivity index (χ1v) is 6.94. The second-order valence-electron chi connectivity index (χ2n) is 6.02. The number of amides is 2. The third kappa shape index (κ3) is 9.34. The maximum absolute atomic E-state index is 11.9. The molecule has 1 atom stereocenters. The third-order valence-corrected chi connectivity index (χ3v) is 2.63. The first kappa shape index (κ1) is 18.4. The van der Waals surface area contributed by atoms with Gasteiger partial charge >= 0.3 is 0 Å². The molecule has 20 heavy (non-hydrogen) atoms. The molecule has 0 heterocycles. The number of nitrogens with two attached hydrogens (primary N) is 1. The molecule has 4 N–H and O–H groups in total. The van der Waals surface area contributed by atoms with Crippen molar-refractivity contribution >= 4 is 11.8 Å². The molecule has 6 heteroatoms. The topological polar surface area (TPSA) is 108 Å². The van der Waals surface area contributed by atoms with Gasteiger partial charge in [0.15, 0.2) is 0 Å². The first-order valence-electron chi connectivity index (χ1n) is 6.94. The minimum Gasteiger partial charge on any atom is -0.344 e. The average Bonchev–Trinajstić information content (AvgIpc) is 2.32. The molecule has 0 spiro atoms. The molecule has 0 saturated carbocycles. The number of rotatable bonds is 8. The Hall–Kier alpha value is -1.61. The predicted octanol–water partition coefficient (Wildman–Crippen LogP) is 0.676. The molecule has 0 aliphatic heterocycles. The fourth-order valence-electron chi connectivity index (χ4n) is 1.74. The zero-order chi connectivity index (χ0) is 15.6. The molecule has 0 bridgehead atoms. The third-order valence-electron chi connectivity index (χ3n) is 2.63. The lowest BCUT2D eigenvalue weighted by Crippen LogP contribution is -2.47. The maximum Gasteiger partial charge on any atom is 0.243 e. The molecule has 0 aliphatic rings. The van der Waals surface area contributed by atoms with Crippen molar-refractivity contribution in [3.63, 3.8) is 0 Å². The number of hydrogen-bond acceptors (Lipinski definition) is 4. The Bertz CT molecular complexity index is 355. The quantitative estimate of drug-likeness (QED) is 0.449. The van der Waals surface area contributed by atoms with Gasteiger partial charge in [0.1, 0.15) is 12.6 Å². The van der Waals surface area contributed by atoms with Gasteiger partial charge in [-0.15, -0.1) is 0 Å². The number of nitrogens with zero attached hydrogens (tertiary/aromatic N) is 1. The Labute approximate surface area is 121 Å². The van der Waals surface area contributed by atoms with Crippen LogP contribution in [0.4, 0.5) is 0 Å². The van der Waals surface area contributed by atoms with Gasteiger partial charge in [-0.1, -0.05) is 20.8 Å². The van der Waals surface area contributed by atoms with Crippen molar-refractivity contribution in [2.75, 3.05) is 13.1 Å². The molecule has 0 aliphatic carbocycles. The van der Waals surface area contributed by atoms with E-state index in [1.54, 1.807) is 0 Å². The zero-order valence-corrected chi connectivity index (χ0v) is 12.7. The lowest BCUT2D eigenvalue weighted by Gasteiger charge is -2.21. The summed E-state index contributed by atoms with van der Waals surface area (Å²) in [6.45, 7) is 6.40. The Balaban J connectivity index is 4.47. The molecule has 0 rings (SSSR count). The van der Waals surface area contributed by atoms with E-state index in [-0.39, 0.29) is 23.8 Å². The summed E-state index contributed by atoms with van der Waals surface area (Å²) in [6.07, 6.45) is 2.45. The summed E-state index contributed by atoms with van der Waals surface area (Å²) in [5.41, 5.74) is 5.29. The number of hydrogen-bond donors (Lipinski definition) is 3. The highest BCUT2D eigenvalue weighted by molar-refractivity contribution is 5.87. The summed E-state index contributed by atoms with van der Waals surface area (Å²) >= 11 is 0. The second-order valence-corrected chi connectivity index (χ2v) is 6.02. The second kappa shape index (κ2) is 9.32. The Morgan fingerprint density at radius 2 is 1.95 bits per heavy atom. The molecular formula is C14H26N4O2. The molecule has 0 saturated heterocycles. The van der Waals surface area contributed by atoms with Crippen LogP contribution in [-0.4, -0.2) is 30.9 Å². The Kier molecular flexibility index (Phi) is 8.57. The number of unbranched alkanes of at least 4 members (excludes halogenated alkanes) is 1. The van der Waals surface area contributed by atoms with Gasteiger partial charge in [-0.05, 0) is 31.2 Å². The van der Waals surface area contributed by atoms with Crippen LogP contribution >= 0.6 is 0 Å². The minimum absolute atomic E-state index is 0.0542. The van der Waals surface area contributed by atoms with E-state index in [1.165, 1.54) is 0 Å². The van der Waals surface area contributed by atoms with Crippen molar-refractivity contribution in [3.8, 4) is 6.07 Å². The molecule has 0 radical (unpaired) electrons. The zero-order valence-electron chi connectivity index (χ0n) is 12.7. The SMILES string of the molecule is CC(C)(C)CC(=O)N[C@@H](CCCCN)C(=O)NCC#N. The van der Waals surface area contributed by atoms with Crippen LogP contribution in [0.3, 0.4) is 0 Å². The minimum atomic E-state index is -0.593. The van der Waals surface area contributed by atoms with Crippen LogP contribution in [0, 0.1) is 16.7 Å². The molecule has 2 amide bonds. The van der Waals surface area contributed by atoms with Crippen LogP contribution in [0.2, 0.25) is 0 Å². The smallest absolute Gasteiger partial charge is 0.243 e. The molecule has 6 nitrogen and oxygen atoms in total. The summed E-state index contributed by atoms with van der Waals surface area (Å²) < 4.78 is 0. The molecular weight excluding hydrogens is 256 g/mol. The van der Waals surface area contributed by atoms with Crippen molar-refractivity contribution in [2.45, 2.75) is 52.5 Å². The van der Waals surface area contributed by atoms with Crippen LogP contribution < -0.4 is 16.4 Å². The van der Waals surface area contributed by atoms with Gasteiger partial charge in [-0.2, -0.15) is 5.26 Å². The monoisotopic (exact) mass is 282 g/mol. The highest BCUT2D eigenvalue weighted by atomic mass is 16.2. The first-order chi connectivity index (χ1) is 9.30. The van der Waals surface area contributed by atoms with E-state index in [0.29, 0.717) is 19.4 Å². The van der Waals surface area contributed by atoms with E-state index in [9.17, 15) is 9.59 Å². The van der Waals surface area contributed by atoms with E-state index in [1.807, 2.05) is 26.8 Å². The summed E-state index contributed by atoms with van der Waals surface area (Å²) in [5.74, 6) is -0.465. The standard InChI is InChI=1S/C14H26N4O2/c1-14(2,3)10-12(19)18-11(6-4-5-7-15)13(20)17-9-8-16/h11H,4-7,9-10,15H2,1-3H3,(H,17,20)(H,18,19)/t11-/m0/s1. The van der Waals surface area contributed by atoms with Crippen LogP contribution in [-0.2, 0) is 9.59 Å². The molecule has 114 valence electrons. The van der Waals surface area contributed by atoms with Crippen LogP contribution in [0.25, 0.3) is 0 Å². The van der Waals surface area contributed by atoms with E-state index in [0.717, 1.165) is 12.8 Å². The number of nitrogens with one attached hydrogen (secondary N) is 2. The molecule has 0 aromatic heterocycles. The number of carbonyl (C=O) groups is 2. The van der Waals surface area contributed by atoms with E-state index in [2.05, 4.69) is 10.6 Å². The lowest BCUT2D eigenvalue weighted by molar-refractivity contribution is -0.130. The van der Waals surface area contributed by atoms with Crippen LogP contribution in [0.5, 0.6) is 0 Å². The lowest BCUT2D eigenvalue weighted by atomic mass is 9.91. The van der Waals surface area contributed by atoms with Crippen molar-refractivity contribution in [2.24, 2.45) is 11.1 Å². The predicted molar refractivity (Wildman–Crippen MR) is 77.5 cm³/mol. The van der Waals surface area contributed by atoms with Gasteiger partial charge in [0, 0.05) is 6.42 Å². The normalized spacial score (nSPS) is 12.3. The number of carbonyl (C=O) groups excluding carboxylic acids is 2. The van der Waals surface area contributed by atoms with Gasteiger partial charge in [0.25, 0.3) is 0 Å². The molecule has 0 unspecified atom stereocenters. The van der Waals surface area contributed by atoms with Crippen LogP contribution in [0.15, 0.2) is 0 Å². The van der Waals surface area contributed by atoms with Crippen molar-refractivity contribution in [3.05, 3.63) is 0 Å². The largest absolute Gasteiger partial charge is 0.344 e. The molecule has 0 aromatic rings.